The van der Waals surface area contributed by atoms with Crippen LogP contribution in [0.3, 0.4) is 0 Å². The van der Waals surface area contributed by atoms with Crippen molar-refractivity contribution in [3.63, 3.8) is 0 Å². The zero-order chi connectivity index (χ0) is 12.2. The number of hydrogen-bond donors (Lipinski definition) is 1. The first kappa shape index (κ1) is 14.3. The fourth-order valence-electron chi connectivity index (χ4n) is 1.47. The lowest BCUT2D eigenvalue weighted by Crippen LogP contribution is -2.37. The fraction of sp³-hybridized carbons (Fsp3) is 0.833. The molecule has 0 spiro atoms. The summed E-state index contributed by atoms with van der Waals surface area (Å²) in [6.07, 6.45) is 0.308. The van der Waals surface area contributed by atoms with Crippen LogP contribution in [0.1, 0.15) is 41.0 Å². The average molecular weight is 214 g/mol. The topological polar surface area (TPSA) is 54.4 Å². The van der Waals surface area contributed by atoms with E-state index in [0.29, 0.717) is 6.42 Å². The van der Waals surface area contributed by atoms with Gasteiger partial charge in [0.05, 0.1) is 6.10 Å². The monoisotopic (exact) mass is 214 g/mol. The summed E-state index contributed by atoms with van der Waals surface area (Å²) in [5, 5.41) is 9.89. The molecule has 88 valence electrons. The van der Waals surface area contributed by atoms with Crippen LogP contribution in [-0.2, 0) is 9.59 Å². The Labute approximate surface area is 91.9 Å². The largest absolute Gasteiger partial charge is 0.392 e. The normalized spacial score (nSPS) is 16.2. The van der Waals surface area contributed by atoms with Crippen LogP contribution >= 0.6 is 0 Å². The average Bonchev–Trinajstić information content (AvgIpc) is 2.16. The van der Waals surface area contributed by atoms with Gasteiger partial charge < -0.3 is 9.90 Å². The van der Waals surface area contributed by atoms with Gasteiger partial charge in [0.25, 0.3) is 0 Å². The molecule has 3 nitrogen and oxygen atoms in total. The third kappa shape index (κ3) is 4.12. The molecular weight excluding hydrogens is 192 g/mol. The van der Waals surface area contributed by atoms with Gasteiger partial charge in [-0.05, 0) is 5.92 Å². The molecule has 0 saturated carbocycles. The zero-order valence-corrected chi connectivity index (χ0v) is 10.3. The van der Waals surface area contributed by atoms with E-state index < -0.39 is 11.5 Å². The lowest BCUT2D eigenvalue weighted by Gasteiger charge is -2.29. The first-order valence-electron chi connectivity index (χ1n) is 5.39. The molecule has 0 aromatic rings. The van der Waals surface area contributed by atoms with Crippen LogP contribution in [0.2, 0.25) is 0 Å². The van der Waals surface area contributed by atoms with Crippen LogP contribution in [-0.4, -0.2) is 23.3 Å². The van der Waals surface area contributed by atoms with Crippen molar-refractivity contribution in [2.75, 3.05) is 0 Å². The number of Topliss-reactive ketones (excluding diaryl/α,β-unsaturated/α-hetero) is 1. The molecule has 3 heteroatoms. The second-order valence-electron chi connectivity index (χ2n) is 5.19. The molecule has 0 aromatic carbocycles. The summed E-state index contributed by atoms with van der Waals surface area (Å²) in [7, 11) is 0. The van der Waals surface area contributed by atoms with Gasteiger partial charge in [0.2, 0.25) is 0 Å². The summed E-state index contributed by atoms with van der Waals surface area (Å²) in [4.78, 5) is 22.2. The van der Waals surface area contributed by atoms with E-state index >= 15 is 0 Å². The lowest BCUT2D eigenvalue weighted by molar-refractivity contribution is -0.128. The Morgan fingerprint density at radius 2 is 1.80 bits per heavy atom. The molecule has 1 N–H and O–H groups in total. The van der Waals surface area contributed by atoms with Gasteiger partial charge in [0.1, 0.15) is 12.1 Å². The van der Waals surface area contributed by atoms with Gasteiger partial charge in [-0.15, -0.1) is 0 Å². The molecule has 2 unspecified atom stereocenters. The molecule has 0 saturated heterocycles. The van der Waals surface area contributed by atoms with Gasteiger partial charge in [-0.3, -0.25) is 4.79 Å². The molecule has 0 aromatic heterocycles. The first-order chi connectivity index (χ1) is 6.72. The van der Waals surface area contributed by atoms with Crippen molar-refractivity contribution in [2.24, 2.45) is 17.3 Å². The minimum atomic E-state index is -0.781. The highest BCUT2D eigenvalue weighted by Crippen LogP contribution is 2.26. The maximum atomic E-state index is 11.5. The number of hydrogen-bond acceptors (Lipinski definition) is 3. The Morgan fingerprint density at radius 3 is 2.13 bits per heavy atom. The predicted molar refractivity (Wildman–Crippen MR) is 59.5 cm³/mol. The molecule has 0 radical (unpaired) electrons. The molecule has 0 aliphatic heterocycles. The van der Waals surface area contributed by atoms with Gasteiger partial charge >= 0.3 is 0 Å². The Balaban J connectivity index is 4.40. The number of carbonyl (C=O) groups excluding carboxylic acids is 2. The van der Waals surface area contributed by atoms with Gasteiger partial charge in [0, 0.05) is 17.8 Å². The van der Waals surface area contributed by atoms with Crippen molar-refractivity contribution in [1.29, 1.82) is 0 Å². The highest BCUT2D eigenvalue weighted by molar-refractivity contribution is 5.80. The third-order valence-corrected chi connectivity index (χ3v) is 2.77. The van der Waals surface area contributed by atoms with Crippen molar-refractivity contribution in [3.8, 4) is 0 Å². The number of ketones is 1. The second-order valence-corrected chi connectivity index (χ2v) is 5.19. The van der Waals surface area contributed by atoms with Crippen molar-refractivity contribution in [3.05, 3.63) is 0 Å². The molecule has 0 fully saturated rings. The molecule has 0 bridgehead atoms. The Morgan fingerprint density at radius 1 is 1.33 bits per heavy atom. The summed E-state index contributed by atoms with van der Waals surface area (Å²) >= 11 is 0. The molecule has 0 aliphatic carbocycles. The summed E-state index contributed by atoms with van der Waals surface area (Å²) in [6.45, 7) is 8.84. The standard InChI is InChI=1S/C12H22O3/c1-8(2)10(14)6-9(3)11(15)12(4,5)7-13/h7-9,11,15H,6H2,1-5H3. The number of aldehydes is 1. The Hall–Kier alpha value is -0.700. The molecule has 0 amide bonds. The van der Waals surface area contributed by atoms with Crippen LogP contribution in [0.4, 0.5) is 0 Å². The van der Waals surface area contributed by atoms with Crippen LogP contribution in [0.25, 0.3) is 0 Å². The van der Waals surface area contributed by atoms with Crippen LogP contribution in [0.5, 0.6) is 0 Å². The van der Waals surface area contributed by atoms with Crippen LogP contribution < -0.4 is 0 Å². The van der Waals surface area contributed by atoms with E-state index in [1.165, 1.54) is 0 Å². The summed E-state index contributed by atoms with van der Waals surface area (Å²) < 4.78 is 0. The highest BCUT2D eigenvalue weighted by atomic mass is 16.3. The van der Waals surface area contributed by atoms with E-state index in [9.17, 15) is 14.7 Å². The van der Waals surface area contributed by atoms with E-state index in [2.05, 4.69) is 0 Å². The van der Waals surface area contributed by atoms with E-state index in [-0.39, 0.29) is 17.6 Å². The maximum Gasteiger partial charge on any atom is 0.135 e. The van der Waals surface area contributed by atoms with Gasteiger partial charge in [-0.25, -0.2) is 0 Å². The molecule has 0 heterocycles. The fourth-order valence-corrected chi connectivity index (χ4v) is 1.47. The highest BCUT2D eigenvalue weighted by Gasteiger charge is 2.32. The van der Waals surface area contributed by atoms with Gasteiger partial charge in [-0.1, -0.05) is 34.6 Å². The second kappa shape index (κ2) is 5.40. The quantitative estimate of drug-likeness (QED) is 0.686. The van der Waals surface area contributed by atoms with Crippen LogP contribution in [0.15, 0.2) is 0 Å². The third-order valence-electron chi connectivity index (χ3n) is 2.77. The number of carbonyl (C=O) groups is 2. The minimum Gasteiger partial charge on any atom is -0.392 e. The van der Waals surface area contributed by atoms with Crippen molar-refractivity contribution in [2.45, 2.75) is 47.1 Å². The molecule has 2 atom stereocenters. The molecule has 0 rings (SSSR count). The van der Waals surface area contributed by atoms with Crippen molar-refractivity contribution >= 4 is 12.1 Å². The van der Waals surface area contributed by atoms with Crippen LogP contribution in [0, 0.1) is 17.3 Å². The smallest absolute Gasteiger partial charge is 0.135 e. The van der Waals surface area contributed by atoms with E-state index in [1.54, 1.807) is 20.8 Å². The number of rotatable bonds is 6. The molecular formula is C12H22O3. The Kier molecular flexibility index (Phi) is 5.15. The predicted octanol–water partition coefficient (Wildman–Crippen LogP) is 1.82. The maximum absolute atomic E-state index is 11.5. The summed E-state index contributed by atoms with van der Waals surface area (Å²) in [6, 6.07) is 0. The number of aliphatic hydroxyl groups excluding tert-OH is 1. The van der Waals surface area contributed by atoms with E-state index in [1.807, 2.05) is 13.8 Å². The van der Waals surface area contributed by atoms with Gasteiger partial charge in [-0.2, -0.15) is 0 Å². The summed E-state index contributed by atoms with van der Waals surface area (Å²) in [5.74, 6) is -0.0673. The molecule has 15 heavy (non-hydrogen) atoms. The zero-order valence-electron chi connectivity index (χ0n) is 10.3. The Bertz CT molecular complexity index is 231. The lowest BCUT2D eigenvalue weighted by atomic mass is 9.79. The van der Waals surface area contributed by atoms with Crippen molar-refractivity contribution < 1.29 is 14.7 Å². The SMILES string of the molecule is CC(C)C(=O)CC(C)C(O)C(C)(C)C=O. The van der Waals surface area contributed by atoms with Gasteiger partial charge in [0.15, 0.2) is 0 Å². The minimum absolute atomic E-state index is 0.0148. The van der Waals surface area contributed by atoms with E-state index in [4.69, 9.17) is 0 Å². The molecule has 0 aliphatic rings. The number of aliphatic hydroxyl groups is 1. The summed E-state index contributed by atoms with van der Waals surface area (Å²) in [5.41, 5.74) is -0.781. The first-order valence-corrected chi connectivity index (χ1v) is 5.39. The van der Waals surface area contributed by atoms with Crippen molar-refractivity contribution in [1.82, 2.24) is 0 Å². The van der Waals surface area contributed by atoms with E-state index in [0.717, 1.165) is 6.29 Å².